The Hall–Kier alpha value is -2.00. The van der Waals surface area contributed by atoms with Crippen LogP contribution in [0.15, 0.2) is 48.5 Å². The average molecular weight is 329 g/mol. The summed E-state index contributed by atoms with van der Waals surface area (Å²) in [6.07, 6.45) is 3.82. The van der Waals surface area contributed by atoms with Gasteiger partial charge in [-0.25, -0.2) is 0 Å². The number of carbonyl (C=O) groups is 1. The second kappa shape index (κ2) is 7.51. The van der Waals surface area contributed by atoms with E-state index in [1.54, 1.807) is 0 Å². The summed E-state index contributed by atoms with van der Waals surface area (Å²) in [5.41, 5.74) is 2.80. The molecule has 0 unspecified atom stereocenters. The van der Waals surface area contributed by atoms with Crippen molar-refractivity contribution in [3.05, 3.63) is 64.7 Å². The van der Waals surface area contributed by atoms with Gasteiger partial charge in [-0.1, -0.05) is 29.8 Å². The second-order valence-corrected chi connectivity index (χ2v) is 6.28. The van der Waals surface area contributed by atoms with Crippen molar-refractivity contribution in [2.45, 2.75) is 25.8 Å². The van der Waals surface area contributed by atoms with Gasteiger partial charge in [0.1, 0.15) is 0 Å². The predicted octanol–water partition coefficient (Wildman–Crippen LogP) is 4.26. The number of rotatable bonds is 4. The number of nitrogens with one attached hydrogen (secondary N) is 1. The Bertz CT molecular complexity index is 663. The molecule has 0 bridgehead atoms. The summed E-state index contributed by atoms with van der Waals surface area (Å²) in [5.74, 6) is -0.0740. The summed E-state index contributed by atoms with van der Waals surface area (Å²) in [5, 5.41) is 3.59. The zero-order valence-corrected chi connectivity index (χ0v) is 13.9. The van der Waals surface area contributed by atoms with Gasteiger partial charge in [0, 0.05) is 35.9 Å². The summed E-state index contributed by atoms with van der Waals surface area (Å²) < 4.78 is 0. The van der Waals surface area contributed by atoms with Crippen molar-refractivity contribution in [3.63, 3.8) is 0 Å². The predicted molar refractivity (Wildman–Crippen MR) is 95.1 cm³/mol. The van der Waals surface area contributed by atoms with E-state index in [2.05, 4.69) is 10.2 Å². The lowest BCUT2D eigenvalue weighted by Crippen LogP contribution is -2.29. The first-order valence-electron chi connectivity index (χ1n) is 8.10. The SMILES string of the molecule is O=C(NCc1ccccc1Cl)c1ccc(N2CCCCC2)cc1. The Kier molecular flexibility index (Phi) is 5.19. The number of nitrogens with zero attached hydrogens (tertiary/aromatic N) is 1. The average Bonchev–Trinajstić information content (AvgIpc) is 2.62. The summed E-state index contributed by atoms with van der Waals surface area (Å²) in [6, 6.07) is 15.4. The summed E-state index contributed by atoms with van der Waals surface area (Å²) in [7, 11) is 0. The number of anilines is 1. The number of amides is 1. The maximum Gasteiger partial charge on any atom is 0.251 e. The summed E-state index contributed by atoms with van der Waals surface area (Å²) in [4.78, 5) is 14.6. The van der Waals surface area contributed by atoms with Crippen LogP contribution in [0.25, 0.3) is 0 Å². The number of carbonyl (C=O) groups excluding carboxylic acids is 1. The molecular weight excluding hydrogens is 308 g/mol. The molecule has 3 rings (SSSR count). The lowest BCUT2D eigenvalue weighted by molar-refractivity contribution is 0.0951. The van der Waals surface area contributed by atoms with E-state index in [4.69, 9.17) is 11.6 Å². The molecule has 23 heavy (non-hydrogen) atoms. The zero-order valence-electron chi connectivity index (χ0n) is 13.1. The van der Waals surface area contributed by atoms with Gasteiger partial charge in [-0.2, -0.15) is 0 Å². The zero-order chi connectivity index (χ0) is 16.1. The van der Waals surface area contributed by atoms with Gasteiger partial charge in [0.2, 0.25) is 0 Å². The van der Waals surface area contributed by atoms with Crippen LogP contribution < -0.4 is 10.2 Å². The second-order valence-electron chi connectivity index (χ2n) is 5.87. The molecule has 0 saturated carbocycles. The highest BCUT2D eigenvalue weighted by atomic mass is 35.5. The van der Waals surface area contributed by atoms with Crippen molar-refractivity contribution >= 4 is 23.2 Å². The fraction of sp³-hybridized carbons (Fsp3) is 0.316. The number of halogens is 1. The molecule has 1 saturated heterocycles. The standard InChI is InChI=1S/C19H21ClN2O/c20-18-7-3-2-6-16(18)14-21-19(23)15-8-10-17(11-9-15)22-12-4-1-5-13-22/h2-3,6-11H,1,4-5,12-14H2,(H,21,23). The minimum absolute atomic E-state index is 0.0740. The fourth-order valence-electron chi connectivity index (χ4n) is 2.90. The van der Waals surface area contributed by atoms with Crippen LogP contribution in [0.1, 0.15) is 35.2 Å². The lowest BCUT2D eigenvalue weighted by atomic mass is 10.1. The molecule has 3 nitrogen and oxygen atoms in total. The van der Waals surface area contributed by atoms with Crippen molar-refractivity contribution in [2.24, 2.45) is 0 Å². The topological polar surface area (TPSA) is 32.3 Å². The molecule has 4 heteroatoms. The van der Waals surface area contributed by atoms with E-state index in [1.807, 2.05) is 48.5 Å². The van der Waals surface area contributed by atoms with Crippen LogP contribution in [0, 0.1) is 0 Å². The van der Waals surface area contributed by atoms with Gasteiger partial charge < -0.3 is 10.2 Å². The Balaban J connectivity index is 1.60. The van der Waals surface area contributed by atoms with E-state index >= 15 is 0 Å². The molecule has 2 aromatic carbocycles. The molecule has 0 aliphatic carbocycles. The minimum Gasteiger partial charge on any atom is -0.372 e. The molecular formula is C19H21ClN2O. The number of hydrogen-bond donors (Lipinski definition) is 1. The molecule has 1 fully saturated rings. The first-order chi connectivity index (χ1) is 11.2. The highest BCUT2D eigenvalue weighted by molar-refractivity contribution is 6.31. The smallest absolute Gasteiger partial charge is 0.251 e. The highest BCUT2D eigenvalue weighted by Crippen LogP contribution is 2.20. The molecule has 0 spiro atoms. The first-order valence-corrected chi connectivity index (χ1v) is 8.48. The molecule has 1 N–H and O–H groups in total. The quantitative estimate of drug-likeness (QED) is 0.909. The summed E-state index contributed by atoms with van der Waals surface area (Å²) in [6.45, 7) is 2.66. The van der Waals surface area contributed by atoms with Crippen molar-refractivity contribution in [2.75, 3.05) is 18.0 Å². The summed E-state index contributed by atoms with van der Waals surface area (Å²) >= 11 is 6.10. The third-order valence-corrected chi connectivity index (χ3v) is 4.62. The maximum absolute atomic E-state index is 12.2. The number of hydrogen-bond acceptors (Lipinski definition) is 2. The molecule has 1 aliphatic heterocycles. The Morgan fingerprint density at radius 3 is 2.39 bits per heavy atom. The van der Waals surface area contributed by atoms with Gasteiger partial charge in [-0.15, -0.1) is 0 Å². The molecule has 0 atom stereocenters. The fourth-order valence-corrected chi connectivity index (χ4v) is 3.10. The Morgan fingerprint density at radius 1 is 1.00 bits per heavy atom. The van der Waals surface area contributed by atoms with Gasteiger partial charge in [0.25, 0.3) is 5.91 Å². The van der Waals surface area contributed by atoms with Crippen LogP contribution in [0.3, 0.4) is 0 Å². The van der Waals surface area contributed by atoms with E-state index in [9.17, 15) is 4.79 Å². The van der Waals surface area contributed by atoms with Gasteiger partial charge >= 0.3 is 0 Å². The molecule has 1 heterocycles. The van der Waals surface area contributed by atoms with E-state index in [0.29, 0.717) is 17.1 Å². The van der Waals surface area contributed by atoms with Crippen LogP contribution >= 0.6 is 11.6 Å². The third kappa shape index (κ3) is 4.05. The van der Waals surface area contributed by atoms with Crippen molar-refractivity contribution in [1.29, 1.82) is 0 Å². The monoisotopic (exact) mass is 328 g/mol. The largest absolute Gasteiger partial charge is 0.372 e. The number of benzene rings is 2. The lowest BCUT2D eigenvalue weighted by Gasteiger charge is -2.28. The Labute approximate surface area is 142 Å². The van der Waals surface area contributed by atoms with Gasteiger partial charge in [0.15, 0.2) is 0 Å². The molecule has 1 amide bonds. The van der Waals surface area contributed by atoms with Gasteiger partial charge in [-0.3, -0.25) is 4.79 Å². The van der Waals surface area contributed by atoms with Crippen LogP contribution in [0.2, 0.25) is 5.02 Å². The van der Waals surface area contributed by atoms with Gasteiger partial charge in [-0.05, 0) is 55.2 Å². The normalized spacial score (nSPS) is 14.6. The van der Waals surface area contributed by atoms with E-state index in [1.165, 1.54) is 24.9 Å². The maximum atomic E-state index is 12.2. The van der Waals surface area contributed by atoms with E-state index in [-0.39, 0.29) is 5.91 Å². The van der Waals surface area contributed by atoms with E-state index in [0.717, 1.165) is 18.7 Å². The molecule has 0 aromatic heterocycles. The molecule has 1 aliphatic rings. The van der Waals surface area contributed by atoms with Crippen molar-refractivity contribution in [3.8, 4) is 0 Å². The third-order valence-electron chi connectivity index (χ3n) is 4.25. The molecule has 120 valence electrons. The van der Waals surface area contributed by atoms with E-state index < -0.39 is 0 Å². The number of piperidine rings is 1. The van der Waals surface area contributed by atoms with Crippen LogP contribution in [0.4, 0.5) is 5.69 Å². The van der Waals surface area contributed by atoms with Crippen molar-refractivity contribution in [1.82, 2.24) is 5.32 Å². The first kappa shape index (κ1) is 15.9. The minimum atomic E-state index is -0.0740. The van der Waals surface area contributed by atoms with Crippen molar-refractivity contribution < 1.29 is 4.79 Å². The highest BCUT2D eigenvalue weighted by Gasteiger charge is 2.12. The van der Waals surface area contributed by atoms with Gasteiger partial charge in [0.05, 0.1) is 0 Å². The Morgan fingerprint density at radius 2 is 1.70 bits per heavy atom. The van der Waals surface area contributed by atoms with Crippen LogP contribution in [0.5, 0.6) is 0 Å². The van der Waals surface area contributed by atoms with Crippen LogP contribution in [-0.4, -0.2) is 19.0 Å². The molecule has 0 radical (unpaired) electrons. The van der Waals surface area contributed by atoms with Crippen LogP contribution in [-0.2, 0) is 6.54 Å². The molecule has 2 aromatic rings.